The van der Waals surface area contributed by atoms with E-state index in [-0.39, 0.29) is 12.6 Å². The maximum absolute atomic E-state index is 11.1. The van der Waals surface area contributed by atoms with E-state index in [1.54, 1.807) is 33.5 Å². The average Bonchev–Trinajstić information content (AvgIpc) is 2.83. The summed E-state index contributed by atoms with van der Waals surface area (Å²) >= 11 is 0. The SMILES string of the molecule is COc1cc(OC)c([C@H]2COC(=O)N2)cc1OC. The van der Waals surface area contributed by atoms with Gasteiger partial charge in [-0.2, -0.15) is 0 Å². The summed E-state index contributed by atoms with van der Waals surface area (Å²) in [5.41, 5.74) is 0.793. The molecule has 0 saturated carbocycles. The van der Waals surface area contributed by atoms with Crippen molar-refractivity contribution in [2.24, 2.45) is 0 Å². The van der Waals surface area contributed by atoms with Gasteiger partial charge in [0, 0.05) is 11.6 Å². The first-order valence-electron chi connectivity index (χ1n) is 5.42. The smallest absolute Gasteiger partial charge is 0.407 e. The van der Waals surface area contributed by atoms with E-state index in [1.165, 1.54) is 0 Å². The van der Waals surface area contributed by atoms with Gasteiger partial charge in [-0.1, -0.05) is 0 Å². The maximum atomic E-state index is 11.1. The Morgan fingerprint density at radius 2 is 1.72 bits per heavy atom. The molecule has 1 aromatic rings. The van der Waals surface area contributed by atoms with Crippen molar-refractivity contribution in [3.63, 3.8) is 0 Å². The van der Waals surface area contributed by atoms with Crippen molar-refractivity contribution < 1.29 is 23.7 Å². The number of carbonyl (C=O) groups is 1. The van der Waals surface area contributed by atoms with Gasteiger partial charge in [-0.3, -0.25) is 0 Å². The third-order valence-corrected chi connectivity index (χ3v) is 2.78. The number of benzene rings is 1. The van der Waals surface area contributed by atoms with Gasteiger partial charge in [0.1, 0.15) is 12.4 Å². The molecule has 6 nitrogen and oxygen atoms in total. The monoisotopic (exact) mass is 253 g/mol. The van der Waals surface area contributed by atoms with Crippen LogP contribution in [0.4, 0.5) is 4.79 Å². The van der Waals surface area contributed by atoms with Gasteiger partial charge in [-0.15, -0.1) is 0 Å². The lowest BCUT2D eigenvalue weighted by Crippen LogP contribution is -2.19. The minimum atomic E-state index is -0.433. The van der Waals surface area contributed by atoms with Gasteiger partial charge in [-0.25, -0.2) is 4.79 Å². The number of methoxy groups -OCH3 is 3. The lowest BCUT2D eigenvalue weighted by Gasteiger charge is -2.16. The second kappa shape index (κ2) is 5.03. The molecule has 0 spiro atoms. The van der Waals surface area contributed by atoms with Crippen molar-refractivity contribution in [3.05, 3.63) is 17.7 Å². The summed E-state index contributed by atoms with van der Waals surface area (Å²) < 4.78 is 20.6. The van der Waals surface area contributed by atoms with E-state index in [1.807, 2.05) is 0 Å². The number of hydrogen-bond acceptors (Lipinski definition) is 5. The second-order valence-corrected chi connectivity index (χ2v) is 3.74. The highest BCUT2D eigenvalue weighted by Crippen LogP contribution is 2.38. The first kappa shape index (κ1) is 12.3. The Bertz CT molecular complexity index is 460. The molecule has 1 aliphatic heterocycles. The molecule has 1 fully saturated rings. The number of amides is 1. The van der Waals surface area contributed by atoms with Crippen LogP contribution >= 0.6 is 0 Å². The Balaban J connectivity index is 2.41. The van der Waals surface area contributed by atoms with E-state index < -0.39 is 6.09 Å². The number of hydrogen-bond donors (Lipinski definition) is 1. The van der Waals surface area contributed by atoms with Crippen LogP contribution in [0.25, 0.3) is 0 Å². The lowest BCUT2D eigenvalue weighted by molar-refractivity contribution is 0.176. The van der Waals surface area contributed by atoms with E-state index >= 15 is 0 Å². The number of rotatable bonds is 4. The molecule has 0 aromatic heterocycles. The zero-order chi connectivity index (χ0) is 13.1. The molecule has 1 aromatic carbocycles. The summed E-state index contributed by atoms with van der Waals surface area (Å²) in [4.78, 5) is 11.1. The Labute approximate surface area is 105 Å². The molecule has 1 aliphatic rings. The molecule has 1 N–H and O–H groups in total. The summed E-state index contributed by atoms with van der Waals surface area (Å²) in [6.45, 7) is 0.269. The summed E-state index contributed by atoms with van der Waals surface area (Å²) in [7, 11) is 4.66. The standard InChI is InChI=1S/C12H15NO5/c1-15-9-5-11(17-3)10(16-2)4-7(9)8-6-18-12(14)13-8/h4-5,8H,6H2,1-3H3,(H,13,14)/t8-/m1/s1. The van der Waals surface area contributed by atoms with Crippen LogP contribution in [0.2, 0.25) is 0 Å². The molecule has 6 heteroatoms. The molecule has 0 bridgehead atoms. The molecule has 98 valence electrons. The van der Waals surface area contributed by atoms with Gasteiger partial charge < -0.3 is 24.3 Å². The number of cyclic esters (lactones) is 1. The molecule has 1 heterocycles. The van der Waals surface area contributed by atoms with E-state index in [9.17, 15) is 4.79 Å². The molecular formula is C12H15NO5. The average molecular weight is 253 g/mol. The van der Waals surface area contributed by atoms with Crippen molar-refractivity contribution in [2.75, 3.05) is 27.9 Å². The Kier molecular flexibility index (Phi) is 3.45. The van der Waals surface area contributed by atoms with Crippen LogP contribution in [-0.4, -0.2) is 34.0 Å². The summed E-state index contributed by atoms with van der Waals surface area (Å²) in [5, 5.41) is 2.70. The fourth-order valence-electron chi connectivity index (χ4n) is 1.88. The lowest BCUT2D eigenvalue weighted by atomic mass is 10.1. The van der Waals surface area contributed by atoms with Crippen LogP contribution < -0.4 is 19.5 Å². The van der Waals surface area contributed by atoms with E-state index in [0.29, 0.717) is 17.2 Å². The topological polar surface area (TPSA) is 66.0 Å². The highest BCUT2D eigenvalue weighted by atomic mass is 16.6. The highest BCUT2D eigenvalue weighted by molar-refractivity contribution is 5.70. The summed E-state index contributed by atoms with van der Waals surface area (Å²) in [5.74, 6) is 1.77. The van der Waals surface area contributed by atoms with Gasteiger partial charge in [0.05, 0.1) is 27.4 Å². The molecule has 1 atom stereocenters. The van der Waals surface area contributed by atoms with Gasteiger partial charge >= 0.3 is 6.09 Å². The van der Waals surface area contributed by atoms with Crippen LogP contribution in [0.3, 0.4) is 0 Å². The highest BCUT2D eigenvalue weighted by Gasteiger charge is 2.27. The first-order chi connectivity index (χ1) is 8.69. The second-order valence-electron chi connectivity index (χ2n) is 3.74. The number of ether oxygens (including phenoxy) is 4. The van der Waals surface area contributed by atoms with Gasteiger partial charge in [0.25, 0.3) is 0 Å². The molecule has 0 aliphatic carbocycles. The molecule has 0 unspecified atom stereocenters. The number of alkyl carbamates (subject to hydrolysis) is 1. The molecule has 2 rings (SSSR count). The predicted molar refractivity (Wildman–Crippen MR) is 63.3 cm³/mol. The Hall–Kier alpha value is -2.11. The fourth-order valence-corrected chi connectivity index (χ4v) is 1.88. The molecule has 0 radical (unpaired) electrons. The van der Waals surface area contributed by atoms with Crippen LogP contribution in [0.5, 0.6) is 17.2 Å². The van der Waals surface area contributed by atoms with Crippen LogP contribution in [0, 0.1) is 0 Å². The normalized spacial score (nSPS) is 17.9. The summed E-state index contributed by atoms with van der Waals surface area (Å²) in [6.07, 6.45) is -0.433. The Morgan fingerprint density at radius 3 is 2.22 bits per heavy atom. The predicted octanol–water partition coefficient (Wildman–Crippen LogP) is 1.49. The maximum Gasteiger partial charge on any atom is 0.407 e. The van der Waals surface area contributed by atoms with E-state index in [0.717, 1.165) is 5.56 Å². The third-order valence-electron chi connectivity index (χ3n) is 2.78. The van der Waals surface area contributed by atoms with Crippen molar-refractivity contribution in [1.29, 1.82) is 0 Å². The van der Waals surface area contributed by atoms with Crippen LogP contribution in [0.1, 0.15) is 11.6 Å². The minimum absolute atomic E-state index is 0.243. The fraction of sp³-hybridized carbons (Fsp3) is 0.417. The van der Waals surface area contributed by atoms with Crippen LogP contribution in [-0.2, 0) is 4.74 Å². The first-order valence-corrected chi connectivity index (χ1v) is 5.42. The van der Waals surface area contributed by atoms with Crippen molar-refractivity contribution >= 4 is 6.09 Å². The number of carbonyl (C=O) groups excluding carboxylic acids is 1. The van der Waals surface area contributed by atoms with E-state index in [4.69, 9.17) is 18.9 Å². The molecular weight excluding hydrogens is 238 g/mol. The van der Waals surface area contributed by atoms with E-state index in [2.05, 4.69) is 5.32 Å². The van der Waals surface area contributed by atoms with Gasteiger partial charge in [-0.05, 0) is 6.07 Å². The Morgan fingerprint density at radius 1 is 1.11 bits per heavy atom. The van der Waals surface area contributed by atoms with Gasteiger partial charge in [0.2, 0.25) is 0 Å². The zero-order valence-electron chi connectivity index (χ0n) is 10.5. The van der Waals surface area contributed by atoms with Crippen LogP contribution in [0.15, 0.2) is 12.1 Å². The van der Waals surface area contributed by atoms with Crippen molar-refractivity contribution in [3.8, 4) is 17.2 Å². The molecule has 1 amide bonds. The van der Waals surface area contributed by atoms with Crippen molar-refractivity contribution in [2.45, 2.75) is 6.04 Å². The minimum Gasteiger partial charge on any atom is -0.496 e. The third kappa shape index (κ3) is 2.13. The quantitative estimate of drug-likeness (QED) is 0.880. The molecule has 1 saturated heterocycles. The zero-order valence-corrected chi connectivity index (χ0v) is 10.5. The van der Waals surface area contributed by atoms with Crippen molar-refractivity contribution in [1.82, 2.24) is 5.32 Å². The van der Waals surface area contributed by atoms with Gasteiger partial charge in [0.15, 0.2) is 11.5 Å². The number of nitrogens with one attached hydrogen (secondary N) is 1. The largest absolute Gasteiger partial charge is 0.496 e. The molecule has 18 heavy (non-hydrogen) atoms. The summed E-state index contributed by atoms with van der Waals surface area (Å²) in [6, 6.07) is 3.25.